The molecule has 0 aromatic carbocycles. The Balaban J connectivity index is 1.47. The molecule has 0 spiro atoms. The van der Waals surface area contributed by atoms with Crippen LogP contribution in [0, 0.1) is 5.92 Å². The van der Waals surface area contributed by atoms with E-state index in [-0.39, 0.29) is 6.10 Å². The van der Waals surface area contributed by atoms with Crippen LogP contribution in [0.5, 0.6) is 5.75 Å². The number of fused-ring (bicyclic) bond motifs is 1. The number of ether oxygens (including phenoxy) is 1. The summed E-state index contributed by atoms with van der Waals surface area (Å²) in [4.78, 5) is 7.12. The summed E-state index contributed by atoms with van der Waals surface area (Å²) in [6, 6.07) is 4.79. The standard InChI is InChI=1S/C19H26ClN3O/c1-13(2)22-9-6-16(7-10-22)24-17-11-15-5-8-23(12-14-3-4-14)19(15)21-18(17)20/h5,8,11,13-14,16H,3-4,6-7,9-10,12H2,1-2H3. The van der Waals surface area contributed by atoms with Gasteiger partial charge in [-0.15, -0.1) is 0 Å². The van der Waals surface area contributed by atoms with Crippen LogP contribution < -0.4 is 4.74 Å². The van der Waals surface area contributed by atoms with Crippen molar-refractivity contribution >= 4 is 22.6 Å². The third-order valence-electron chi connectivity index (χ3n) is 5.31. The maximum atomic E-state index is 6.42. The fourth-order valence-corrected chi connectivity index (χ4v) is 3.75. The second-order valence-electron chi connectivity index (χ2n) is 7.55. The maximum Gasteiger partial charge on any atom is 0.173 e. The zero-order valence-corrected chi connectivity index (χ0v) is 15.3. The molecular weight excluding hydrogens is 322 g/mol. The predicted octanol–water partition coefficient (Wildman–Crippen LogP) is 4.35. The van der Waals surface area contributed by atoms with Crippen LogP contribution in [0.2, 0.25) is 5.15 Å². The first-order valence-electron chi connectivity index (χ1n) is 9.16. The van der Waals surface area contributed by atoms with E-state index in [4.69, 9.17) is 16.3 Å². The molecule has 0 atom stereocenters. The van der Waals surface area contributed by atoms with Gasteiger partial charge in [-0.2, -0.15) is 0 Å². The van der Waals surface area contributed by atoms with Crippen molar-refractivity contribution in [1.29, 1.82) is 0 Å². The molecule has 0 amide bonds. The highest BCUT2D eigenvalue weighted by Crippen LogP contribution is 2.34. The summed E-state index contributed by atoms with van der Waals surface area (Å²) >= 11 is 6.42. The van der Waals surface area contributed by atoms with Crippen LogP contribution >= 0.6 is 11.6 Å². The molecular formula is C19H26ClN3O. The van der Waals surface area contributed by atoms with Crippen LogP contribution in [0.4, 0.5) is 0 Å². The first kappa shape index (κ1) is 16.2. The van der Waals surface area contributed by atoms with E-state index < -0.39 is 0 Å². The average molecular weight is 348 g/mol. The van der Waals surface area contributed by atoms with Crippen LogP contribution in [-0.4, -0.2) is 39.7 Å². The fourth-order valence-electron chi connectivity index (χ4n) is 3.57. The van der Waals surface area contributed by atoms with E-state index in [0.29, 0.717) is 11.2 Å². The highest BCUT2D eigenvalue weighted by atomic mass is 35.5. The summed E-state index contributed by atoms with van der Waals surface area (Å²) in [6.07, 6.45) is 7.14. The normalized spacial score (nSPS) is 20.2. The van der Waals surface area contributed by atoms with E-state index in [0.717, 1.165) is 55.2 Å². The monoisotopic (exact) mass is 347 g/mol. The van der Waals surface area contributed by atoms with Crippen molar-refractivity contribution in [1.82, 2.24) is 14.5 Å². The number of nitrogens with zero attached hydrogens (tertiary/aromatic N) is 3. The number of hydrogen-bond donors (Lipinski definition) is 0. The van der Waals surface area contributed by atoms with Crippen molar-refractivity contribution in [3.8, 4) is 5.75 Å². The molecule has 4 nitrogen and oxygen atoms in total. The van der Waals surface area contributed by atoms with Crippen molar-refractivity contribution in [3.05, 3.63) is 23.5 Å². The number of hydrogen-bond acceptors (Lipinski definition) is 3. The molecule has 2 aliphatic rings. The summed E-state index contributed by atoms with van der Waals surface area (Å²) in [5, 5.41) is 1.61. The molecule has 0 N–H and O–H groups in total. The van der Waals surface area contributed by atoms with Crippen molar-refractivity contribution in [2.24, 2.45) is 5.92 Å². The molecule has 1 aliphatic carbocycles. The van der Waals surface area contributed by atoms with E-state index in [1.54, 1.807) is 0 Å². The van der Waals surface area contributed by atoms with Gasteiger partial charge in [0.2, 0.25) is 0 Å². The van der Waals surface area contributed by atoms with Gasteiger partial charge in [-0.25, -0.2) is 4.98 Å². The lowest BCUT2D eigenvalue weighted by molar-refractivity contribution is 0.0842. The number of aromatic nitrogens is 2. The third kappa shape index (κ3) is 3.40. The lowest BCUT2D eigenvalue weighted by Gasteiger charge is -2.34. The Hall–Kier alpha value is -1.26. The van der Waals surface area contributed by atoms with Gasteiger partial charge in [-0.3, -0.25) is 0 Å². The maximum absolute atomic E-state index is 6.42. The molecule has 1 saturated heterocycles. The highest BCUT2D eigenvalue weighted by Gasteiger charge is 2.24. The Morgan fingerprint density at radius 3 is 2.67 bits per heavy atom. The molecule has 130 valence electrons. The van der Waals surface area contributed by atoms with Crippen molar-refractivity contribution in [2.45, 2.75) is 58.2 Å². The van der Waals surface area contributed by atoms with Crippen molar-refractivity contribution < 1.29 is 4.74 Å². The Morgan fingerprint density at radius 2 is 2.00 bits per heavy atom. The second-order valence-corrected chi connectivity index (χ2v) is 7.91. The van der Waals surface area contributed by atoms with E-state index in [2.05, 4.69) is 46.6 Å². The van der Waals surface area contributed by atoms with E-state index in [1.807, 2.05) is 0 Å². The molecule has 0 radical (unpaired) electrons. The van der Waals surface area contributed by atoms with Gasteiger partial charge in [-0.1, -0.05) is 11.6 Å². The lowest BCUT2D eigenvalue weighted by Crippen LogP contribution is -2.41. The zero-order chi connectivity index (χ0) is 16.7. The van der Waals surface area contributed by atoms with E-state index in [1.165, 1.54) is 12.8 Å². The van der Waals surface area contributed by atoms with Gasteiger partial charge in [0, 0.05) is 37.3 Å². The van der Waals surface area contributed by atoms with E-state index >= 15 is 0 Å². The average Bonchev–Trinajstić information content (AvgIpc) is 3.30. The van der Waals surface area contributed by atoms with Gasteiger partial charge >= 0.3 is 0 Å². The number of halogens is 1. The number of likely N-dealkylation sites (tertiary alicyclic amines) is 1. The minimum Gasteiger partial charge on any atom is -0.487 e. The number of pyridine rings is 1. The molecule has 2 aromatic heterocycles. The van der Waals surface area contributed by atoms with Crippen LogP contribution in [0.3, 0.4) is 0 Å². The molecule has 0 bridgehead atoms. The highest BCUT2D eigenvalue weighted by molar-refractivity contribution is 6.31. The van der Waals surface area contributed by atoms with Gasteiger partial charge < -0.3 is 14.2 Å². The predicted molar refractivity (Wildman–Crippen MR) is 97.8 cm³/mol. The van der Waals surface area contributed by atoms with Gasteiger partial charge in [0.15, 0.2) is 10.9 Å². The molecule has 3 heterocycles. The first-order chi connectivity index (χ1) is 11.6. The van der Waals surface area contributed by atoms with Crippen molar-refractivity contribution in [3.63, 3.8) is 0 Å². The number of rotatable bonds is 5. The fraction of sp³-hybridized carbons (Fsp3) is 0.632. The summed E-state index contributed by atoms with van der Waals surface area (Å²) in [7, 11) is 0. The third-order valence-corrected chi connectivity index (χ3v) is 5.58. The topological polar surface area (TPSA) is 30.3 Å². The Bertz CT molecular complexity index is 715. The largest absolute Gasteiger partial charge is 0.487 e. The Kier molecular flexibility index (Phi) is 4.44. The zero-order valence-electron chi connectivity index (χ0n) is 14.5. The molecule has 1 saturated carbocycles. The molecule has 2 fully saturated rings. The quantitative estimate of drug-likeness (QED) is 0.753. The van der Waals surface area contributed by atoms with Gasteiger partial charge in [0.1, 0.15) is 11.8 Å². The SMILES string of the molecule is CC(C)N1CCC(Oc2cc3ccn(CC4CC4)c3nc2Cl)CC1. The number of piperidine rings is 1. The summed E-state index contributed by atoms with van der Waals surface area (Å²) in [5.74, 6) is 1.56. The van der Waals surface area contributed by atoms with Crippen LogP contribution in [0.1, 0.15) is 39.5 Å². The molecule has 0 unspecified atom stereocenters. The first-order valence-corrected chi connectivity index (χ1v) is 9.54. The molecule has 2 aromatic rings. The summed E-state index contributed by atoms with van der Waals surface area (Å²) in [5.41, 5.74) is 0.980. The lowest BCUT2D eigenvalue weighted by atomic mass is 10.1. The second kappa shape index (κ2) is 6.57. The molecule has 24 heavy (non-hydrogen) atoms. The molecule has 1 aliphatic heterocycles. The van der Waals surface area contributed by atoms with Gasteiger partial charge in [-0.05, 0) is 57.6 Å². The minimum absolute atomic E-state index is 0.241. The summed E-state index contributed by atoms with van der Waals surface area (Å²) < 4.78 is 8.42. The minimum atomic E-state index is 0.241. The van der Waals surface area contributed by atoms with Gasteiger partial charge in [0.25, 0.3) is 0 Å². The Morgan fingerprint density at radius 1 is 1.25 bits per heavy atom. The Labute approximate surface area is 148 Å². The summed E-state index contributed by atoms with van der Waals surface area (Å²) in [6.45, 7) is 7.74. The molecule has 4 rings (SSSR count). The van der Waals surface area contributed by atoms with Gasteiger partial charge in [0.05, 0.1) is 0 Å². The van der Waals surface area contributed by atoms with Crippen LogP contribution in [0.25, 0.3) is 11.0 Å². The van der Waals surface area contributed by atoms with E-state index in [9.17, 15) is 0 Å². The molecule has 5 heteroatoms. The van der Waals surface area contributed by atoms with Crippen molar-refractivity contribution in [2.75, 3.05) is 13.1 Å². The van der Waals surface area contributed by atoms with Crippen LogP contribution in [-0.2, 0) is 6.54 Å². The van der Waals surface area contributed by atoms with Crippen LogP contribution in [0.15, 0.2) is 18.3 Å². The smallest absolute Gasteiger partial charge is 0.173 e.